The molecule has 25 nitrogen and oxygen atoms in total. The van der Waals surface area contributed by atoms with Gasteiger partial charge in [-0.15, -0.1) is 0 Å². The molecule has 272 valence electrons. The van der Waals surface area contributed by atoms with E-state index in [9.17, 15) is 42.4 Å². The van der Waals surface area contributed by atoms with Crippen molar-refractivity contribution in [2.75, 3.05) is 72.9 Å². The molecule has 30 heteroatoms. The first-order valence-electron chi connectivity index (χ1n) is 12.1. The molecule has 0 saturated heterocycles. The van der Waals surface area contributed by atoms with Gasteiger partial charge in [0.2, 0.25) is 0 Å². The van der Waals surface area contributed by atoms with Crippen LogP contribution < -0.4 is 31.0 Å². The Morgan fingerprint density at radius 1 is 0.578 bits per heavy atom. The fraction of sp³-hybridized carbons (Fsp3) is 1.00. The van der Waals surface area contributed by atoms with E-state index in [0.717, 1.165) is 0 Å². The molecule has 0 aliphatic heterocycles. The highest BCUT2D eigenvalue weighted by molar-refractivity contribution is 7.47. The van der Waals surface area contributed by atoms with E-state index in [1.165, 1.54) is 0 Å². The zero-order valence-corrected chi connectivity index (χ0v) is 27.7. The van der Waals surface area contributed by atoms with Gasteiger partial charge in [-0.3, -0.25) is 45.4 Å². The first-order valence-corrected chi connectivity index (χ1v) is 19.5. The number of hydrogen-bond acceptors (Lipinski definition) is 23. The van der Waals surface area contributed by atoms with Crippen molar-refractivity contribution in [3.8, 4) is 0 Å². The van der Waals surface area contributed by atoms with Crippen LogP contribution >= 0.6 is 39.1 Å². The number of nitrogens with two attached hydrogens (primary N) is 2. The molecule has 0 aromatic rings. The summed E-state index contributed by atoms with van der Waals surface area (Å²) < 4.78 is 106. The predicted molar refractivity (Wildman–Crippen MR) is 135 cm³/mol. The van der Waals surface area contributed by atoms with E-state index in [-0.39, 0.29) is 26.4 Å². The van der Waals surface area contributed by atoms with Crippen molar-refractivity contribution < 1.29 is 107 Å². The molecule has 7 N–H and O–H groups in total. The predicted octanol–water partition coefficient (Wildman–Crippen LogP) is -3.57. The molecule has 0 heterocycles. The maximum absolute atomic E-state index is 11.8. The molecule has 0 fully saturated rings. The molecule has 0 bridgehead atoms. The van der Waals surface area contributed by atoms with E-state index >= 15 is 0 Å². The molecule has 6 unspecified atom stereocenters. The summed E-state index contributed by atoms with van der Waals surface area (Å²) in [5.74, 6) is 0. The van der Waals surface area contributed by atoms with Crippen LogP contribution in [0.1, 0.15) is 12.8 Å². The van der Waals surface area contributed by atoms with E-state index in [2.05, 4.69) is 40.7 Å². The molecular formula is C15H35N2O23P5-4. The number of aliphatic hydroxyl groups excluding tert-OH is 1. The third-order valence-electron chi connectivity index (χ3n) is 3.95. The average Bonchev–Trinajstić information content (AvgIpc) is 2.89. The van der Waals surface area contributed by atoms with E-state index in [0.29, 0.717) is 19.4 Å². The van der Waals surface area contributed by atoms with Gasteiger partial charge in [0.15, 0.2) is 19.9 Å². The van der Waals surface area contributed by atoms with Gasteiger partial charge in [-0.25, -0.2) is 4.57 Å². The second-order valence-corrected chi connectivity index (χ2v) is 14.4. The smallest absolute Gasteiger partial charge is 0.472 e. The van der Waals surface area contributed by atoms with Gasteiger partial charge in [-0.2, -0.15) is 0 Å². The fourth-order valence-corrected chi connectivity index (χ4v) is 5.30. The Morgan fingerprint density at radius 2 is 1.00 bits per heavy atom. The van der Waals surface area contributed by atoms with Gasteiger partial charge in [0.1, 0.15) is 6.10 Å². The Kier molecular flexibility index (Phi) is 23.1. The second-order valence-electron chi connectivity index (χ2n) is 7.68. The summed E-state index contributed by atoms with van der Waals surface area (Å²) in [7, 11) is -26.7. The minimum absolute atomic E-state index is 0.0636. The van der Waals surface area contributed by atoms with Crippen LogP contribution in [0.2, 0.25) is 0 Å². The largest absolute Gasteiger partial charge is 0.756 e. The van der Waals surface area contributed by atoms with Crippen molar-refractivity contribution in [1.29, 1.82) is 0 Å². The molecule has 0 spiro atoms. The molecule has 0 amide bonds. The topological polar surface area (TPSA) is 392 Å². The Bertz CT molecular complexity index is 1050. The van der Waals surface area contributed by atoms with Crippen molar-refractivity contribution >= 4 is 39.1 Å². The lowest BCUT2D eigenvalue weighted by Crippen LogP contribution is -2.27. The zero-order valence-electron chi connectivity index (χ0n) is 23.2. The zero-order chi connectivity index (χ0) is 34.6. The van der Waals surface area contributed by atoms with Crippen LogP contribution in [0.25, 0.3) is 0 Å². The van der Waals surface area contributed by atoms with E-state index in [1.54, 1.807) is 0 Å². The van der Waals surface area contributed by atoms with Crippen LogP contribution in [0.4, 0.5) is 0 Å². The first-order chi connectivity index (χ1) is 20.8. The SMILES string of the molecule is NCCCOCC(CO)OP(=O)([O-])OCOP(=O)([O-])OCCOP(=O)([O-])OCOP(=O)([O-])OC(COCCCN)OP(=O)(O)O. The van der Waals surface area contributed by atoms with Crippen LogP contribution in [0.15, 0.2) is 0 Å². The van der Waals surface area contributed by atoms with E-state index in [1.807, 2.05) is 0 Å². The molecule has 0 radical (unpaired) electrons. The van der Waals surface area contributed by atoms with Crippen molar-refractivity contribution in [3.05, 3.63) is 0 Å². The maximum atomic E-state index is 11.8. The number of aliphatic hydroxyl groups is 1. The number of phosphoric ester groups is 5. The van der Waals surface area contributed by atoms with Crippen molar-refractivity contribution in [2.45, 2.75) is 25.2 Å². The third kappa shape index (κ3) is 26.9. The quantitative estimate of drug-likeness (QED) is 0.0268. The summed E-state index contributed by atoms with van der Waals surface area (Å²) in [6.07, 6.45) is -2.86. The van der Waals surface area contributed by atoms with Gasteiger partial charge in [0.25, 0.3) is 31.3 Å². The minimum atomic E-state index is -5.54. The van der Waals surface area contributed by atoms with Crippen LogP contribution in [-0.2, 0) is 73.0 Å². The number of hydrogen-bond donors (Lipinski definition) is 5. The van der Waals surface area contributed by atoms with Crippen LogP contribution in [0.3, 0.4) is 0 Å². The normalized spacial score (nSPS) is 19.2. The Balaban J connectivity index is 4.52. The molecule has 0 aliphatic carbocycles. The maximum Gasteiger partial charge on any atom is 0.472 e. The van der Waals surface area contributed by atoms with Crippen LogP contribution in [0, 0.1) is 0 Å². The Labute approximate surface area is 256 Å². The second kappa shape index (κ2) is 22.9. The number of rotatable bonds is 30. The number of phosphoric acid groups is 5. The van der Waals surface area contributed by atoms with Crippen LogP contribution in [0.5, 0.6) is 0 Å². The van der Waals surface area contributed by atoms with Gasteiger partial charge in [0.05, 0.1) is 33.0 Å². The molecule has 0 saturated carbocycles. The average molecular weight is 766 g/mol. The van der Waals surface area contributed by atoms with Crippen molar-refractivity contribution in [1.82, 2.24) is 0 Å². The summed E-state index contributed by atoms with van der Waals surface area (Å²) in [6.45, 7) is -6.60. The Morgan fingerprint density at radius 3 is 1.42 bits per heavy atom. The first kappa shape index (κ1) is 45.3. The van der Waals surface area contributed by atoms with Gasteiger partial charge in [0, 0.05) is 13.2 Å². The lowest BCUT2D eigenvalue weighted by Gasteiger charge is -2.29. The summed E-state index contributed by atoms with van der Waals surface area (Å²) in [5, 5.41) is 9.14. The molecule has 0 aliphatic rings. The highest BCUT2D eigenvalue weighted by atomic mass is 31.2. The third-order valence-corrected chi connectivity index (χ3v) is 8.20. The number of ether oxygens (including phenoxy) is 2. The molecule has 0 rings (SSSR count). The lowest BCUT2D eigenvalue weighted by atomic mass is 10.4. The van der Waals surface area contributed by atoms with Gasteiger partial charge in [-0.05, 0) is 25.9 Å². The van der Waals surface area contributed by atoms with Gasteiger partial charge < -0.3 is 69.0 Å². The monoisotopic (exact) mass is 766 g/mol. The molecule has 6 atom stereocenters. The van der Waals surface area contributed by atoms with Gasteiger partial charge in [-0.1, -0.05) is 0 Å². The molecule has 45 heavy (non-hydrogen) atoms. The van der Waals surface area contributed by atoms with Crippen molar-refractivity contribution in [3.63, 3.8) is 0 Å². The van der Waals surface area contributed by atoms with Crippen molar-refractivity contribution in [2.24, 2.45) is 11.5 Å². The highest BCUT2D eigenvalue weighted by Crippen LogP contribution is 2.47. The summed E-state index contributed by atoms with van der Waals surface area (Å²) >= 11 is 0. The fourth-order valence-electron chi connectivity index (χ4n) is 2.18. The summed E-state index contributed by atoms with van der Waals surface area (Å²) in [6, 6.07) is 0. The lowest BCUT2D eigenvalue weighted by molar-refractivity contribution is -0.256. The van der Waals surface area contributed by atoms with E-state index < -0.39 is 91.5 Å². The highest BCUT2D eigenvalue weighted by Gasteiger charge is 2.28. The van der Waals surface area contributed by atoms with Gasteiger partial charge >= 0.3 is 7.82 Å². The molecule has 0 aromatic heterocycles. The summed E-state index contributed by atoms with van der Waals surface area (Å²) in [5.41, 5.74) is 10.5. The summed E-state index contributed by atoms with van der Waals surface area (Å²) in [4.78, 5) is 64.6. The van der Waals surface area contributed by atoms with E-state index in [4.69, 9.17) is 35.8 Å². The molecular weight excluding hydrogens is 731 g/mol. The minimum Gasteiger partial charge on any atom is -0.756 e. The molecule has 0 aromatic carbocycles. The standard InChI is InChI=1S/C15H39N2O23P5/c16-3-1-5-30-10-14(9-18)38-44(26,27)36-12-34-42(22,23)32-7-8-33-43(24,25)35-13-37-45(28,29)40-15(39-41(19,20)21)11-31-6-2-4-17/h14-15,18H,1-13,16-17H2,(H,22,23)(H,24,25)(H,26,27)(H,28,29)(H2,19,20,21)/p-4. The Hall–Kier alpha value is 0.350. The van der Waals surface area contributed by atoms with Crippen LogP contribution in [-0.4, -0.2) is 100 Å².